The van der Waals surface area contributed by atoms with E-state index in [0.717, 1.165) is 5.56 Å². The van der Waals surface area contributed by atoms with Crippen LogP contribution in [-0.2, 0) is 6.54 Å². The number of carbonyl (C=O) groups is 1. The summed E-state index contributed by atoms with van der Waals surface area (Å²) < 4.78 is 0. The lowest BCUT2D eigenvalue weighted by molar-refractivity contribution is 0.0906. The number of hydrogen-bond acceptors (Lipinski definition) is 3. The van der Waals surface area contributed by atoms with Gasteiger partial charge in [-0.3, -0.25) is 4.79 Å². The van der Waals surface area contributed by atoms with Crippen molar-refractivity contribution in [3.8, 4) is 0 Å². The third-order valence-electron chi connectivity index (χ3n) is 3.16. The Morgan fingerprint density at radius 3 is 2.48 bits per heavy atom. The van der Waals surface area contributed by atoms with Crippen LogP contribution in [0.15, 0.2) is 69.8 Å². The largest absolute Gasteiger partial charge is 0.268 e. The third kappa shape index (κ3) is 3.49. The van der Waals surface area contributed by atoms with Crippen molar-refractivity contribution in [1.29, 1.82) is 0 Å². The van der Waals surface area contributed by atoms with Gasteiger partial charge in [0.2, 0.25) is 5.11 Å². The van der Waals surface area contributed by atoms with Crippen LogP contribution in [0.2, 0.25) is 5.02 Å². The molecule has 0 aromatic heterocycles. The Morgan fingerprint density at radius 1 is 1.09 bits per heavy atom. The maximum Gasteiger partial charge on any atom is 0.267 e. The summed E-state index contributed by atoms with van der Waals surface area (Å²) in [4.78, 5) is 18.1. The molecule has 0 saturated carbocycles. The minimum absolute atomic E-state index is 0.0803. The van der Waals surface area contributed by atoms with Crippen LogP contribution in [0, 0.1) is 0 Å². The fourth-order valence-electron chi connectivity index (χ4n) is 2.01. The number of amides is 1. The minimum atomic E-state index is -0.330. The molecule has 2 aromatic rings. The lowest BCUT2D eigenvalue weighted by Crippen LogP contribution is -2.35. The van der Waals surface area contributed by atoms with Crippen molar-refractivity contribution in [2.45, 2.75) is 6.54 Å². The van der Waals surface area contributed by atoms with E-state index in [2.05, 4.69) is 15.2 Å². The molecule has 3 rings (SSSR count). The Hall–Kier alpha value is -2.44. The van der Waals surface area contributed by atoms with Crippen LogP contribution in [0.4, 0.5) is 0 Å². The van der Waals surface area contributed by atoms with Crippen LogP contribution in [-0.4, -0.2) is 21.9 Å². The van der Waals surface area contributed by atoms with Crippen LogP contribution in [0.3, 0.4) is 0 Å². The van der Waals surface area contributed by atoms with Gasteiger partial charge in [-0.25, -0.2) is 9.89 Å². The van der Waals surface area contributed by atoms with E-state index in [1.165, 1.54) is 4.90 Å². The summed E-state index contributed by atoms with van der Waals surface area (Å²) >= 11 is 10.9. The molecule has 0 N–H and O–H groups in total. The molecule has 0 spiro atoms. The van der Waals surface area contributed by atoms with E-state index in [1.807, 2.05) is 30.3 Å². The van der Waals surface area contributed by atoms with E-state index in [0.29, 0.717) is 17.1 Å². The molecule has 114 valence electrons. The lowest BCUT2D eigenvalue weighted by Gasteiger charge is -2.13. The minimum Gasteiger partial charge on any atom is -0.268 e. The molecule has 0 saturated heterocycles. The molecule has 0 fully saturated rings. The van der Waals surface area contributed by atoms with E-state index in [4.69, 9.17) is 23.8 Å². The van der Waals surface area contributed by atoms with Crippen molar-refractivity contribution in [3.63, 3.8) is 0 Å². The first-order chi connectivity index (χ1) is 11.1. The van der Waals surface area contributed by atoms with Crippen LogP contribution < -0.4 is 0 Å². The molecule has 0 atom stereocenters. The number of rotatable bonds is 3. The molecule has 2 aromatic carbocycles. The van der Waals surface area contributed by atoms with Gasteiger partial charge < -0.3 is 0 Å². The zero-order chi connectivity index (χ0) is 16.2. The topological polar surface area (TPSA) is 57.4 Å². The second-order valence-corrected chi connectivity index (χ2v) is 5.53. The van der Waals surface area contributed by atoms with Gasteiger partial charge in [0.1, 0.15) is 0 Å². The van der Waals surface area contributed by atoms with Crippen molar-refractivity contribution in [1.82, 2.24) is 4.90 Å². The summed E-state index contributed by atoms with van der Waals surface area (Å²) in [5, 5.41) is 8.30. The van der Waals surface area contributed by atoms with Crippen molar-refractivity contribution in [2.75, 3.05) is 0 Å². The molecule has 0 bridgehead atoms. The van der Waals surface area contributed by atoms with Gasteiger partial charge in [0.15, 0.2) is 0 Å². The van der Waals surface area contributed by atoms with Crippen molar-refractivity contribution < 1.29 is 4.79 Å². The highest BCUT2D eigenvalue weighted by Crippen LogP contribution is 2.17. The first-order valence-electron chi connectivity index (χ1n) is 6.79. The van der Waals surface area contributed by atoms with Gasteiger partial charge in [0.25, 0.3) is 11.9 Å². The maximum atomic E-state index is 12.6. The molecule has 0 unspecified atom stereocenters. The lowest BCUT2D eigenvalue weighted by atomic mass is 10.2. The summed E-state index contributed by atoms with van der Waals surface area (Å²) in [6, 6.07) is 16.2. The summed E-state index contributed by atoms with van der Waals surface area (Å²) in [5.74, 6) is -0.137. The molecule has 1 aliphatic heterocycles. The Labute approximate surface area is 143 Å². The summed E-state index contributed by atoms with van der Waals surface area (Å²) in [5.41, 5.74) is 1.45. The first kappa shape index (κ1) is 15.5. The van der Waals surface area contributed by atoms with Gasteiger partial charge in [-0.05, 0) is 42.0 Å². The number of azo groups is 1. The average molecular weight is 343 g/mol. The van der Waals surface area contributed by atoms with E-state index in [1.54, 1.807) is 24.3 Å². The molecular weight excluding hydrogens is 332 g/mol. The SMILES string of the molecule is O=C(c1ccc(Cl)cc1)N1C(=S)N=NC1=NCc1ccccc1. The molecule has 23 heavy (non-hydrogen) atoms. The Morgan fingerprint density at radius 2 is 1.78 bits per heavy atom. The normalized spacial score (nSPS) is 15.4. The third-order valence-corrected chi connectivity index (χ3v) is 3.67. The number of carbonyl (C=O) groups excluding carboxylic acids is 1. The smallest absolute Gasteiger partial charge is 0.267 e. The van der Waals surface area contributed by atoms with E-state index >= 15 is 0 Å². The highest BCUT2D eigenvalue weighted by molar-refractivity contribution is 7.80. The second-order valence-electron chi connectivity index (χ2n) is 4.73. The average Bonchev–Trinajstić information content (AvgIpc) is 2.95. The number of guanidine groups is 1. The fourth-order valence-corrected chi connectivity index (χ4v) is 2.34. The van der Waals surface area contributed by atoms with Crippen molar-refractivity contribution in [3.05, 3.63) is 70.7 Å². The summed E-state index contributed by atoms with van der Waals surface area (Å²) in [6.45, 7) is 0.391. The van der Waals surface area contributed by atoms with E-state index in [9.17, 15) is 4.79 Å². The number of hydrogen-bond donors (Lipinski definition) is 0. The van der Waals surface area contributed by atoms with E-state index in [-0.39, 0.29) is 17.0 Å². The quantitative estimate of drug-likeness (QED) is 0.789. The highest BCUT2D eigenvalue weighted by Gasteiger charge is 2.29. The summed E-state index contributed by atoms with van der Waals surface area (Å²) in [7, 11) is 0. The zero-order valence-electron chi connectivity index (χ0n) is 11.9. The van der Waals surface area contributed by atoms with Crippen LogP contribution >= 0.6 is 23.8 Å². The predicted molar refractivity (Wildman–Crippen MR) is 92.7 cm³/mol. The van der Waals surface area contributed by atoms with Crippen LogP contribution in [0.1, 0.15) is 15.9 Å². The predicted octanol–water partition coefficient (Wildman–Crippen LogP) is 4.09. The number of thiocarbonyl (C=S) groups is 1. The first-order valence-corrected chi connectivity index (χ1v) is 7.58. The van der Waals surface area contributed by atoms with Crippen LogP contribution in [0.25, 0.3) is 0 Å². The van der Waals surface area contributed by atoms with Crippen molar-refractivity contribution in [2.24, 2.45) is 15.2 Å². The number of halogens is 1. The Bertz CT molecular complexity index is 803. The Kier molecular flexibility index (Phi) is 4.55. The van der Waals surface area contributed by atoms with Gasteiger partial charge in [-0.15, -0.1) is 10.2 Å². The molecule has 0 radical (unpaired) electrons. The molecule has 1 heterocycles. The summed E-state index contributed by atoms with van der Waals surface area (Å²) in [6.07, 6.45) is 0. The fraction of sp³-hybridized carbons (Fsp3) is 0.0625. The van der Waals surface area contributed by atoms with Gasteiger partial charge in [0.05, 0.1) is 6.54 Å². The number of benzene rings is 2. The zero-order valence-corrected chi connectivity index (χ0v) is 13.5. The molecule has 5 nitrogen and oxygen atoms in total. The van der Waals surface area contributed by atoms with Gasteiger partial charge in [-0.1, -0.05) is 41.9 Å². The number of nitrogens with zero attached hydrogens (tertiary/aromatic N) is 4. The highest BCUT2D eigenvalue weighted by atomic mass is 35.5. The van der Waals surface area contributed by atoms with Crippen molar-refractivity contribution >= 4 is 40.8 Å². The van der Waals surface area contributed by atoms with Crippen LogP contribution in [0.5, 0.6) is 0 Å². The Balaban J connectivity index is 1.83. The monoisotopic (exact) mass is 342 g/mol. The number of aliphatic imine (C=N–C) groups is 1. The van der Waals surface area contributed by atoms with Gasteiger partial charge in [-0.2, -0.15) is 0 Å². The van der Waals surface area contributed by atoms with Gasteiger partial charge in [0, 0.05) is 10.6 Å². The maximum absolute atomic E-state index is 12.6. The van der Waals surface area contributed by atoms with Gasteiger partial charge >= 0.3 is 0 Å². The molecule has 1 amide bonds. The molecule has 1 aliphatic rings. The molecule has 7 heteroatoms. The standard InChI is InChI=1S/C16H11ClN4OS/c17-13-8-6-12(7-9-13)14(22)21-15(19-20-16(21)23)18-10-11-4-2-1-3-5-11/h1-9H,10H2. The van der Waals surface area contributed by atoms with E-state index < -0.39 is 0 Å². The molecule has 0 aliphatic carbocycles. The second kappa shape index (κ2) is 6.76. The molecular formula is C16H11ClN4OS.